The molecule has 0 heterocycles. The Balaban J connectivity index is 2.53. The summed E-state index contributed by atoms with van der Waals surface area (Å²) in [4.78, 5) is 11.6. The summed E-state index contributed by atoms with van der Waals surface area (Å²) in [6.45, 7) is 0.401. The highest BCUT2D eigenvalue weighted by molar-refractivity contribution is 5.92. The van der Waals surface area contributed by atoms with E-state index in [1.165, 1.54) is 19.2 Å². The molecule has 0 radical (unpaired) electrons. The molecule has 1 aromatic rings. The monoisotopic (exact) mass is 267 g/mol. The van der Waals surface area contributed by atoms with E-state index < -0.39 is 17.5 Å². The maximum atomic E-state index is 13.8. The number of phenols is 1. The molecule has 0 saturated heterocycles. The minimum Gasteiger partial charge on any atom is -0.504 e. The number of carbonyl (C=O) groups is 1. The highest BCUT2D eigenvalue weighted by atomic mass is 19.1. The van der Waals surface area contributed by atoms with Crippen LogP contribution in [0.25, 0.3) is 0 Å². The fourth-order valence-electron chi connectivity index (χ4n) is 2.83. The average Bonchev–Trinajstić information content (AvgIpc) is 2.90. The first-order chi connectivity index (χ1) is 9.04. The van der Waals surface area contributed by atoms with Gasteiger partial charge in [0.25, 0.3) is 0 Å². The van der Waals surface area contributed by atoms with E-state index in [1.807, 2.05) is 0 Å². The molecule has 104 valence electrons. The van der Waals surface area contributed by atoms with Gasteiger partial charge in [-0.3, -0.25) is 0 Å². The molecule has 19 heavy (non-hydrogen) atoms. The van der Waals surface area contributed by atoms with E-state index >= 15 is 0 Å². The first kappa shape index (κ1) is 13.8. The van der Waals surface area contributed by atoms with Crippen molar-refractivity contribution in [1.29, 1.82) is 0 Å². The van der Waals surface area contributed by atoms with Gasteiger partial charge < -0.3 is 15.6 Å². The van der Waals surface area contributed by atoms with Gasteiger partial charge in [0.05, 0.1) is 7.11 Å². The van der Waals surface area contributed by atoms with E-state index in [4.69, 9.17) is 5.73 Å². The molecule has 0 aliphatic heterocycles. The zero-order chi connectivity index (χ0) is 14.0. The molecule has 3 N–H and O–H groups in total. The number of hydrogen-bond donors (Lipinski definition) is 2. The number of ether oxygens (including phenoxy) is 1. The van der Waals surface area contributed by atoms with Gasteiger partial charge >= 0.3 is 5.97 Å². The van der Waals surface area contributed by atoms with Crippen LogP contribution in [-0.4, -0.2) is 24.7 Å². The van der Waals surface area contributed by atoms with Crippen molar-refractivity contribution in [1.82, 2.24) is 0 Å². The molecule has 0 atom stereocenters. The predicted octanol–water partition coefficient (Wildman–Crippen LogP) is 2.09. The molecular weight excluding hydrogens is 249 g/mol. The van der Waals surface area contributed by atoms with Crippen molar-refractivity contribution in [3.05, 3.63) is 29.1 Å². The smallest absolute Gasteiger partial charge is 0.341 e. The van der Waals surface area contributed by atoms with Crippen LogP contribution in [0.1, 0.15) is 41.6 Å². The Morgan fingerprint density at radius 1 is 1.47 bits per heavy atom. The van der Waals surface area contributed by atoms with Crippen molar-refractivity contribution in [2.75, 3.05) is 13.7 Å². The summed E-state index contributed by atoms with van der Waals surface area (Å²) >= 11 is 0. The Bertz CT molecular complexity index is 496. The number of hydrogen-bond acceptors (Lipinski definition) is 4. The molecule has 2 rings (SSSR count). The summed E-state index contributed by atoms with van der Waals surface area (Å²) in [6, 6.07) is 2.78. The number of aromatic hydroxyl groups is 1. The Morgan fingerprint density at radius 2 is 2.11 bits per heavy atom. The topological polar surface area (TPSA) is 72.5 Å². The van der Waals surface area contributed by atoms with Gasteiger partial charge in [-0.25, -0.2) is 9.18 Å². The van der Waals surface area contributed by atoms with Crippen LogP contribution in [0.5, 0.6) is 5.75 Å². The van der Waals surface area contributed by atoms with Crippen LogP contribution in [0.4, 0.5) is 4.39 Å². The summed E-state index contributed by atoms with van der Waals surface area (Å²) in [5, 5.41) is 9.62. The number of halogens is 1. The van der Waals surface area contributed by atoms with Gasteiger partial charge in [0.2, 0.25) is 0 Å². The zero-order valence-electron chi connectivity index (χ0n) is 10.9. The highest BCUT2D eigenvalue weighted by Crippen LogP contribution is 2.42. The van der Waals surface area contributed by atoms with Crippen LogP contribution in [0.3, 0.4) is 0 Å². The van der Waals surface area contributed by atoms with Crippen molar-refractivity contribution in [2.45, 2.75) is 31.1 Å². The molecule has 1 fully saturated rings. The molecule has 1 aliphatic carbocycles. The van der Waals surface area contributed by atoms with Gasteiger partial charge in [-0.05, 0) is 30.5 Å². The lowest BCUT2D eigenvalue weighted by Crippen LogP contribution is -2.32. The molecular formula is C14H18FNO3. The third kappa shape index (κ3) is 2.30. The average molecular weight is 267 g/mol. The summed E-state index contributed by atoms with van der Waals surface area (Å²) in [5.74, 6) is -2.22. The van der Waals surface area contributed by atoms with E-state index in [2.05, 4.69) is 4.74 Å². The largest absolute Gasteiger partial charge is 0.504 e. The molecule has 0 aromatic heterocycles. The van der Waals surface area contributed by atoms with Gasteiger partial charge in [0.1, 0.15) is 5.56 Å². The van der Waals surface area contributed by atoms with Gasteiger partial charge in [0, 0.05) is 12.0 Å². The third-order valence-corrected chi connectivity index (χ3v) is 4.03. The number of methoxy groups -OCH3 is 1. The molecule has 4 nitrogen and oxygen atoms in total. The van der Waals surface area contributed by atoms with E-state index in [1.54, 1.807) is 0 Å². The molecule has 5 heteroatoms. The SMILES string of the molecule is COC(=O)c1cc(C2(CN)CCCC2)cc(F)c1O. The van der Waals surface area contributed by atoms with Gasteiger partial charge in [-0.15, -0.1) is 0 Å². The van der Waals surface area contributed by atoms with Gasteiger partial charge in [-0.1, -0.05) is 12.8 Å². The lowest BCUT2D eigenvalue weighted by atomic mass is 9.78. The molecule has 0 unspecified atom stereocenters. The van der Waals surface area contributed by atoms with Crippen molar-refractivity contribution >= 4 is 5.97 Å². The number of carbonyl (C=O) groups excluding carboxylic acids is 1. The molecule has 1 saturated carbocycles. The summed E-state index contributed by atoms with van der Waals surface area (Å²) in [7, 11) is 1.20. The van der Waals surface area contributed by atoms with Gasteiger partial charge in [0.15, 0.2) is 11.6 Å². The van der Waals surface area contributed by atoms with Crippen LogP contribution in [0, 0.1) is 5.82 Å². The minimum absolute atomic E-state index is 0.141. The van der Waals surface area contributed by atoms with Crippen LogP contribution in [-0.2, 0) is 10.2 Å². The lowest BCUT2D eigenvalue weighted by Gasteiger charge is -2.28. The highest BCUT2D eigenvalue weighted by Gasteiger charge is 2.36. The first-order valence-corrected chi connectivity index (χ1v) is 6.35. The second-order valence-corrected chi connectivity index (χ2v) is 5.04. The number of esters is 1. The van der Waals surface area contributed by atoms with Crippen LogP contribution < -0.4 is 5.73 Å². The number of phenolic OH excluding ortho intramolecular Hbond substituents is 1. The number of nitrogens with two attached hydrogens (primary N) is 1. The Labute approximate surface area is 111 Å². The summed E-state index contributed by atoms with van der Waals surface area (Å²) < 4.78 is 18.4. The maximum absolute atomic E-state index is 13.8. The zero-order valence-corrected chi connectivity index (χ0v) is 10.9. The lowest BCUT2D eigenvalue weighted by molar-refractivity contribution is 0.0596. The van der Waals surface area contributed by atoms with Crippen molar-refractivity contribution < 1.29 is 19.0 Å². The minimum atomic E-state index is -0.808. The van der Waals surface area contributed by atoms with E-state index in [-0.39, 0.29) is 11.0 Å². The standard InChI is InChI=1S/C14H18FNO3/c1-19-13(18)10-6-9(7-11(15)12(10)17)14(8-16)4-2-3-5-14/h6-7,17H,2-5,8,16H2,1H3. The first-order valence-electron chi connectivity index (χ1n) is 6.35. The van der Waals surface area contributed by atoms with E-state index in [0.717, 1.165) is 25.7 Å². The van der Waals surface area contributed by atoms with Crippen molar-refractivity contribution in [3.63, 3.8) is 0 Å². The third-order valence-electron chi connectivity index (χ3n) is 4.03. The van der Waals surface area contributed by atoms with Crippen molar-refractivity contribution in [3.8, 4) is 5.75 Å². The van der Waals surface area contributed by atoms with Crippen LogP contribution in [0.15, 0.2) is 12.1 Å². The van der Waals surface area contributed by atoms with Crippen LogP contribution in [0.2, 0.25) is 0 Å². The van der Waals surface area contributed by atoms with Crippen LogP contribution >= 0.6 is 0 Å². The number of rotatable bonds is 3. The predicted molar refractivity (Wildman–Crippen MR) is 68.6 cm³/mol. The summed E-state index contributed by atoms with van der Waals surface area (Å²) in [6.07, 6.45) is 3.81. The fourth-order valence-corrected chi connectivity index (χ4v) is 2.83. The summed E-state index contributed by atoms with van der Waals surface area (Å²) in [5.41, 5.74) is 6.08. The Morgan fingerprint density at radius 3 is 2.63 bits per heavy atom. The van der Waals surface area contributed by atoms with E-state index in [0.29, 0.717) is 12.1 Å². The molecule has 1 aliphatic rings. The molecule has 0 bridgehead atoms. The Kier molecular flexibility index (Phi) is 3.75. The Hall–Kier alpha value is -1.62. The molecule has 0 amide bonds. The quantitative estimate of drug-likeness (QED) is 0.822. The second-order valence-electron chi connectivity index (χ2n) is 5.04. The maximum Gasteiger partial charge on any atom is 0.341 e. The van der Waals surface area contributed by atoms with Crippen molar-refractivity contribution in [2.24, 2.45) is 5.73 Å². The fraction of sp³-hybridized carbons (Fsp3) is 0.500. The number of benzene rings is 1. The van der Waals surface area contributed by atoms with E-state index in [9.17, 15) is 14.3 Å². The second kappa shape index (κ2) is 5.17. The molecule has 1 aromatic carbocycles. The normalized spacial score (nSPS) is 17.4. The van der Waals surface area contributed by atoms with Gasteiger partial charge in [-0.2, -0.15) is 0 Å². The molecule has 0 spiro atoms.